The molecule has 148 valence electrons. The van der Waals surface area contributed by atoms with Crippen LogP contribution in [0.4, 0.5) is 4.39 Å². The van der Waals surface area contributed by atoms with Gasteiger partial charge in [0.05, 0.1) is 6.54 Å². The highest BCUT2D eigenvalue weighted by molar-refractivity contribution is 6.04. The van der Waals surface area contributed by atoms with Crippen LogP contribution in [0, 0.1) is 17.1 Å². The second-order valence-corrected chi connectivity index (χ2v) is 6.59. The molecule has 5 nitrogen and oxygen atoms in total. The van der Waals surface area contributed by atoms with E-state index >= 15 is 0 Å². The highest BCUT2D eigenvalue weighted by atomic mass is 19.1. The van der Waals surface area contributed by atoms with Crippen molar-refractivity contribution in [3.8, 4) is 6.07 Å². The first-order chi connectivity index (χ1) is 14.1. The molecule has 0 saturated heterocycles. The number of fused-ring (bicyclic) bond motifs is 1. The highest BCUT2D eigenvalue weighted by Gasteiger charge is 2.13. The summed E-state index contributed by atoms with van der Waals surface area (Å²) < 4.78 is 21.0. The fraction of sp³-hybridized carbons (Fsp3) is 0.217. The third kappa shape index (κ3) is 4.89. The number of halogens is 1. The Morgan fingerprint density at radius 3 is 2.76 bits per heavy atom. The van der Waals surface area contributed by atoms with Crippen LogP contribution in [0.15, 0.2) is 60.3 Å². The Hall–Kier alpha value is -3.43. The summed E-state index contributed by atoms with van der Waals surface area (Å²) in [6.45, 7) is 1.32. The molecule has 0 aliphatic rings. The van der Waals surface area contributed by atoms with Crippen LogP contribution in [0.25, 0.3) is 17.0 Å². The molecule has 0 fully saturated rings. The van der Waals surface area contributed by atoms with E-state index in [0.717, 1.165) is 16.5 Å². The minimum Gasteiger partial charge on any atom is -0.385 e. The molecule has 1 amide bonds. The average molecular weight is 391 g/mol. The number of hydrogen-bond acceptors (Lipinski definition) is 3. The first-order valence-electron chi connectivity index (χ1n) is 9.34. The van der Waals surface area contributed by atoms with Gasteiger partial charge >= 0.3 is 0 Å². The minimum atomic E-state index is -0.422. The van der Waals surface area contributed by atoms with Crippen molar-refractivity contribution in [1.29, 1.82) is 5.26 Å². The molecule has 6 heteroatoms. The van der Waals surface area contributed by atoms with E-state index in [4.69, 9.17) is 4.74 Å². The summed E-state index contributed by atoms with van der Waals surface area (Å²) in [5.74, 6) is -0.690. The lowest BCUT2D eigenvalue weighted by Crippen LogP contribution is -2.26. The van der Waals surface area contributed by atoms with Crippen molar-refractivity contribution in [3.63, 3.8) is 0 Å². The first kappa shape index (κ1) is 20.3. The van der Waals surface area contributed by atoms with Crippen LogP contribution in [0.3, 0.4) is 0 Å². The lowest BCUT2D eigenvalue weighted by Gasteiger charge is -2.06. The zero-order chi connectivity index (χ0) is 20.6. The molecular weight excluding hydrogens is 369 g/mol. The summed E-state index contributed by atoms with van der Waals surface area (Å²) in [5.41, 5.74) is 2.23. The molecule has 1 aromatic heterocycles. The number of nitrogens with one attached hydrogen (secondary N) is 1. The molecular formula is C23H22FN3O2. The first-order valence-corrected chi connectivity index (χ1v) is 9.34. The van der Waals surface area contributed by atoms with Crippen LogP contribution in [-0.2, 0) is 16.1 Å². The van der Waals surface area contributed by atoms with E-state index in [1.54, 1.807) is 31.4 Å². The topological polar surface area (TPSA) is 67.0 Å². The lowest BCUT2D eigenvalue weighted by molar-refractivity contribution is -0.117. The third-order valence-electron chi connectivity index (χ3n) is 4.59. The van der Waals surface area contributed by atoms with Gasteiger partial charge in [-0.15, -0.1) is 0 Å². The molecule has 3 rings (SSSR count). The van der Waals surface area contributed by atoms with Crippen molar-refractivity contribution < 1.29 is 13.9 Å². The van der Waals surface area contributed by atoms with Gasteiger partial charge in [0, 0.05) is 48.5 Å². The average Bonchev–Trinajstić information content (AvgIpc) is 3.08. The molecule has 0 atom stereocenters. The molecule has 1 N–H and O–H groups in total. The number of nitrogens with zero attached hydrogens (tertiary/aromatic N) is 2. The van der Waals surface area contributed by atoms with E-state index in [2.05, 4.69) is 5.32 Å². The maximum absolute atomic E-state index is 14.1. The van der Waals surface area contributed by atoms with Crippen molar-refractivity contribution in [3.05, 3.63) is 77.2 Å². The summed E-state index contributed by atoms with van der Waals surface area (Å²) >= 11 is 0. The van der Waals surface area contributed by atoms with Crippen LogP contribution < -0.4 is 5.32 Å². The van der Waals surface area contributed by atoms with Gasteiger partial charge in [-0.1, -0.05) is 36.4 Å². The smallest absolute Gasteiger partial charge is 0.261 e. The molecule has 0 radical (unpaired) electrons. The predicted octanol–water partition coefficient (Wildman–Crippen LogP) is 3.89. The van der Waals surface area contributed by atoms with E-state index in [1.807, 2.05) is 41.1 Å². The summed E-state index contributed by atoms with van der Waals surface area (Å²) in [4.78, 5) is 12.3. The number of amides is 1. The van der Waals surface area contributed by atoms with Crippen LogP contribution in [0.5, 0.6) is 0 Å². The Labute approximate surface area is 169 Å². The van der Waals surface area contributed by atoms with Crippen LogP contribution in [0.1, 0.15) is 17.5 Å². The molecule has 0 spiro atoms. The fourth-order valence-electron chi connectivity index (χ4n) is 3.15. The second kappa shape index (κ2) is 9.67. The summed E-state index contributed by atoms with van der Waals surface area (Å²) in [7, 11) is 1.60. The minimum absolute atomic E-state index is 0.0243. The number of aromatic nitrogens is 1. The maximum atomic E-state index is 14.1. The van der Waals surface area contributed by atoms with Crippen LogP contribution in [-0.4, -0.2) is 30.7 Å². The van der Waals surface area contributed by atoms with E-state index < -0.39 is 5.91 Å². The van der Waals surface area contributed by atoms with Crippen molar-refractivity contribution >= 4 is 22.9 Å². The largest absolute Gasteiger partial charge is 0.385 e. The van der Waals surface area contributed by atoms with Gasteiger partial charge in [-0.25, -0.2) is 4.39 Å². The monoisotopic (exact) mass is 391 g/mol. The molecule has 0 aliphatic heterocycles. The van der Waals surface area contributed by atoms with Gasteiger partial charge in [0.15, 0.2) is 0 Å². The standard InChI is InChI=1S/C23H22FN3O2/c1-29-12-6-11-26-23(28)18(14-25)13-19-16-27(22-10-5-3-8-20(19)22)15-17-7-2-4-9-21(17)24/h2-5,7-10,13,16H,6,11-12,15H2,1H3,(H,26,28). The Bertz CT molecular complexity index is 1080. The lowest BCUT2D eigenvalue weighted by atomic mass is 10.1. The molecule has 0 aliphatic carbocycles. The van der Waals surface area contributed by atoms with Gasteiger partial charge < -0.3 is 14.6 Å². The number of para-hydroxylation sites is 1. The number of nitriles is 1. The Morgan fingerprint density at radius 1 is 1.24 bits per heavy atom. The number of carbonyl (C=O) groups is 1. The fourth-order valence-corrected chi connectivity index (χ4v) is 3.15. The summed E-state index contributed by atoms with van der Waals surface area (Å²) in [5, 5.41) is 13.1. The van der Waals surface area contributed by atoms with Crippen molar-refractivity contribution in [1.82, 2.24) is 9.88 Å². The molecule has 3 aromatic rings. The van der Waals surface area contributed by atoms with Gasteiger partial charge in [0.2, 0.25) is 0 Å². The summed E-state index contributed by atoms with van der Waals surface area (Å²) in [6.07, 6.45) is 4.08. The zero-order valence-corrected chi connectivity index (χ0v) is 16.2. The predicted molar refractivity (Wildman–Crippen MR) is 111 cm³/mol. The maximum Gasteiger partial charge on any atom is 0.261 e. The van der Waals surface area contributed by atoms with Crippen molar-refractivity contribution in [2.75, 3.05) is 20.3 Å². The van der Waals surface area contributed by atoms with Gasteiger partial charge in [0.1, 0.15) is 17.5 Å². The molecule has 0 unspecified atom stereocenters. The normalized spacial score (nSPS) is 11.4. The van der Waals surface area contributed by atoms with Gasteiger partial charge in [-0.2, -0.15) is 5.26 Å². The Balaban J connectivity index is 1.91. The summed E-state index contributed by atoms with van der Waals surface area (Å²) in [6, 6.07) is 16.3. The van der Waals surface area contributed by atoms with E-state index in [1.165, 1.54) is 6.07 Å². The third-order valence-corrected chi connectivity index (χ3v) is 4.59. The number of rotatable bonds is 8. The van der Waals surface area contributed by atoms with E-state index in [-0.39, 0.29) is 11.4 Å². The highest BCUT2D eigenvalue weighted by Crippen LogP contribution is 2.25. The molecule has 0 bridgehead atoms. The Morgan fingerprint density at radius 2 is 2.00 bits per heavy atom. The number of carbonyl (C=O) groups excluding carboxylic acids is 1. The number of benzene rings is 2. The van der Waals surface area contributed by atoms with Gasteiger partial charge in [0.25, 0.3) is 5.91 Å². The van der Waals surface area contributed by atoms with E-state index in [9.17, 15) is 14.4 Å². The quantitative estimate of drug-likeness (QED) is 0.360. The Kier molecular flexibility index (Phi) is 6.77. The van der Waals surface area contributed by atoms with Crippen LogP contribution in [0.2, 0.25) is 0 Å². The molecule has 29 heavy (non-hydrogen) atoms. The van der Waals surface area contributed by atoms with Gasteiger partial charge in [-0.05, 0) is 24.6 Å². The number of hydrogen-bond donors (Lipinski definition) is 1. The zero-order valence-electron chi connectivity index (χ0n) is 16.2. The van der Waals surface area contributed by atoms with Crippen molar-refractivity contribution in [2.24, 2.45) is 0 Å². The second-order valence-electron chi connectivity index (χ2n) is 6.59. The van der Waals surface area contributed by atoms with E-state index in [0.29, 0.717) is 31.7 Å². The molecule has 0 saturated carbocycles. The SMILES string of the molecule is COCCCNC(=O)C(C#N)=Cc1cn(Cc2ccccc2F)c2ccccc12. The molecule has 2 aromatic carbocycles. The van der Waals surface area contributed by atoms with Crippen LogP contribution >= 0.6 is 0 Å². The number of ether oxygens (including phenoxy) is 1. The van der Waals surface area contributed by atoms with Gasteiger partial charge in [-0.3, -0.25) is 4.79 Å². The number of methoxy groups -OCH3 is 1. The molecule has 1 heterocycles. The van der Waals surface area contributed by atoms with Crippen molar-refractivity contribution in [2.45, 2.75) is 13.0 Å².